The maximum Gasteiger partial charge on any atom is 0.344 e. The van der Waals surface area contributed by atoms with E-state index >= 15 is 0 Å². The minimum absolute atomic E-state index is 0.0922. The predicted octanol–water partition coefficient (Wildman–Crippen LogP) is 2.07. The number of carboxylic acids is 1. The highest BCUT2D eigenvalue weighted by Gasteiger charge is 2.29. The van der Waals surface area contributed by atoms with Crippen molar-refractivity contribution in [3.63, 3.8) is 0 Å². The molecule has 1 atom stereocenters. The largest absolute Gasteiger partial charge is 0.479 e. The molecule has 0 radical (unpaired) electrons. The van der Waals surface area contributed by atoms with Crippen LogP contribution in [0.3, 0.4) is 0 Å². The highest BCUT2D eigenvalue weighted by atomic mass is 32.2. The first-order valence-electron chi connectivity index (χ1n) is 6.56. The maximum atomic E-state index is 12.0. The van der Waals surface area contributed by atoms with Gasteiger partial charge in [-0.15, -0.1) is 0 Å². The summed E-state index contributed by atoms with van der Waals surface area (Å²) >= 11 is 1.32. The number of ether oxygens (including phenoxy) is 1. The van der Waals surface area contributed by atoms with Crippen molar-refractivity contribution in [2.24, 2.45) is 4.99 Å². The predicted molar refractivity (Wildman–Crippen MR) is 85.9 cm³/mol. The molecule has 7 heteroatoms. The van der Waals surface area contributed by atoms with Crippen molar-refractivity contribution >= 4 is 34.9 Å². The molecule has 1 saturated heterocycles. The van der Waals surface area contributed by atoms with Crippen LogP contribution in [0.15, 0.2) is 34.2 Å². The Bertz CT molecular complexity index is 652. The normalized spacial score (nSPS) is 19.8. The Morgan fingerprint density at radius 2 is 2.05 bits per heavy atom. The lowest BCUT2D eigenvalue weighted by molar-refractivity contribution is -0.144. The number of carboxylic acid groups (broad SMARTS) is 1. The number of nitrogens with zero attached hydrogens (tertiary/aromatic N) is 2. The molecule has 1 fully saturated rings. The fraction of sp³-hybridized carbons (Fsp3) is 0.267. The molecule has 0 saturated carbocycles. The van der Waals surface area contributed by atoms with Gasteiger partial charge in [0.2, 0.25) is 0 Å². The van der Waals surface area contributed by atoms with Crippen molar-refractivity contribution in [3.05, 3.63) is 34.7 Å². The summed E-state index contributed by atoms with van der Waals surface area (Å²) in [6.45, 7) is 1.47. The van der Waals surface area contributed by atoms with Crippen LogP contribution >= 0.6 is 11.8 Å². The van der Waals surface area contributed by atoms with Crippen molar-refractivity contribution in [3.8, 4) is 5.75 Å². The van der Waals surface area contributed by atoms with E-state index in [0.717, 1.165) is 5.56 Å². The molecule has 6 nitrogen and oxygen atoms in total. The molecule has 0 aromatic heterocycles. The molecule has 2 rings (SSSR count). The third-order valence-electron chi connectivity index (χ3n) is 3.03. The average Bonchev–Trinajstić information content (AvgIpc) is 2.77. The molecule has 0 spiro atoms. The van der Waals surface area contributed by atoms with Crippen LogP contribution in [-0.2, 0) is 9.59 Å². The van der Waals surface area contributed by atoms with Gasteiger partial charge in [-0.3, -0.25) is 14.7 Å². The molecule has 22 heavy (non-hydrogen) atoms. The number of aliphatic imine (C=N–C) groups is 1. The van der Waals surface area contributed by atoms with Gasteiger partial charge in [0.15, 0.2) is 11.3 Å². The molecular formula is C15H16N2O4S. The Labute approximate surface area is 132 Å². The summed E-state index contributed by atoms with van der Waals surface area (Å²) in [6, 6.07) is 6.89. The van der Waals surface area contributed by atoms with Gasteiger partial charge >= 0.3 is 5.97 Å². The molecule has 1 heterocycles. The molecule has 1 aromatic carbocycles. The van der Waals surface area contributed by atoms with Gasteiger partial charge in [-0.25, -0.2) is 4.79 Å². The molecule has 0 aliphatic carbocycles. The minimum Gasteiger partial charge on any atom is -0.479 e. The molecule has 1 aliphatic heterocycles. The van der Waals surface area contributed by atoms with Crippen LogP contribution in [0.25, 0.3) is 6.08 Å². The fourth-order valence-corrected chi connectivity index (χ4v) is 2.73. The van der Waals surface area contributed by atoms with Crippen LogP contribution in [0.4, 0.5) is 0 Å². The Kier molecular flexibility index (Phi) is 4.87. The lowest BCUT2D eigenvalue weighted by Gasteiger charge is -2.10. The van der Waals surface area contributed by atoms with Crippen molar-refractivity contribution in [2.45, 2.75) is 13.0 Å². The second kappa shape index (κ2) is 6.65. The monoisotopic (exact) mass is 320 g/mol. The number of rotatable bonds is 4. The number of carbonyl (C=O) groups excluding carboxylic acids is 1. The van der Waals surface area contributed by atoms with Crippen molar-refractivity contribution in [1.82, 2.24) is 4.90 Å². The summed E-state index contributed by atoms with van der Waals surface area (Å²) in [4.78, 5) is 28.9. The van der Waals surface area contributed by atoms with Gasteiger partial charge in [0.25, 0.3) is 5.91 Å². The number of amidine groups is 1. The first-order valence-corrected chi connectivity index (χ1v) is 7.38. The lowest BCUT2D eigenvalue weighted by atomic mass is 10.2. The van der Waals surface area contributed by atoms with Crippen LogP contribution in [0.5, 0.6) is 5.75 Å². The zero-order chi connectivity index (χ0) is 16.3. The highest BCUT2D eigenvalue weighted by Crippen LogP contribution is 2.31. The molecule has 1 N–H and O–H groups in total. The summed E-state index contributed by atoms with van der Waals surface area (Å²) in [5.74, 6) is -0.644. The Morgan fingerprint density at radius 1 is 1.41 bits per heavy atom. The van der Waals surface area contributed by atoms with Crippen molar-refractivity contribution in [2.75, 3.05) is 14.1 Å². The Morgan fingerprint density at radius 3 is 2.55 bits per heavy atom. The van der Waals surface area contributed by atoms with E-state index in [-0.39, 0.29) is 5.91 Å². The summed E-state index contributed by atoms with van der Waals surface area (Å²) in [6.07, 6.45) is 0.861. The van der Waals surface area contributed by atoms with Gasteiger partial charge in [0, 0.05) is 14.1 Å². The van der Waals surface area contributed by atoms with E-state index in [2.05, 4.69) is 4.99 Å². The quantitative estimate of drug-likeness (QED) is 0.859. The minimum atomic E-state index is -1.02. The maximum absolute atomic E-state index is 12.0. The van der Waals surface area contributed by atoms with E-state index in [1.165, 1.54) is 23.6 Å². The highest BCUT2D eigenvalue weighted by molar-refractivity contribution is 8.18. The van der Waals surface area contributed by atoms with Crippen LogP contribution in [0.2, 0.25) is 0 Å². The SMILES string of the molecule is CN=C1S/C(=C\c2ccc(O[C@@H](C)C(=O)O)cc2)C(=O)N1C. The topological polar surface area (TPSA) is 79.2 Å². The second-order valence-electron chi connectivity index (χ2n) is 4.65. The number of amides is 1. The van der Waals surface area contributed by atoms with Crippen molar-refractivity contribution in [1.29, 1.82) is 0 Å². The van der Waals surface area contributed by atoms with E-state index in [1.807, 2.05) is 0 Å². The zero-order valence-corrected chi connectivity index (χ0v) is 13.3. The zero-order valence-electron chi connectivity index (χ0n) is 12.4. The smallest absolute Gasteiger partial charge is 0.344 e. The molecule has 116 valence electrons. The summed E-state index contributed by atoms with van der Waals surface area (Å²) in [5, 5.41) is 9.46. The molecule has 1 aromatic rings. The fourth-order valence-electron chi connectivity index (χ4n) is 1.80. The summed E-state index contributed by atoms with van der Waals surface area (Å²) < 4.78 is 5.25. The van der Waals surface area contributed by atoms with Gasteiger partial charge in [0.1, 0.15) is 5.75 Å². The summed E-state index contributed by atoms with van der Waals surface area (Å²) in [7, 11) is 3.33. The molecule has 1 aliphatic rings. The number of thioether (sulfide) groups is 1. The van der Waals surface area contributed by atoms with Gasteiger partial charge in [0.05, 0.1) is 4.91 Å². The third kappa shape index (κ3) is 3.48. The van der Waals surface area contributed by atoms with Crippen LogP contribution in [0, 0.1) is 0 Å². The van der Waals surface area contributed by atoms with E-state index in [4.69, 9.17) is 9.84 Å². The third-order valence-corrected chi connectivity index (χ3v) is 4.18. The number of hydrogen-bond acceptors (Lipinski definition) is 5. The van der Waals surface area contributed by atoms with Gasteiger partial charge < -0.3 is 9.84 Å². The molecular weight excluding hydrogens is 304 g/mol. The lowest BCUT2D eigenvalue weighted by Crippen LogP contribution is -2.23. The van der Waals surface area contributed by atoms with E-state index in [1.54, 1.807) is 44.4 Å². The number of hydrogen-bond donors (Lipinski definition) is 1. The number of benzene rings is 1. The van der Waals surface area contributed by atoms with Crippen molar-refractivity contribution < 1.29 is 19.4 Å². The van der Waals surface area contributed by atoms with Crippen LogP contribution < -0.4 is 4.74 Å². The van der Waals surface area contributed by atoms with Crippen LogP contribution in [-0.4, -0.2) is 47.2 Å². The molecule has 0 unspecified atom stereocenters. The van der Waals surface area contributed by atoms with Gasteiger partial charge in [-0.2, -0.15) is 0 Å². The number of aliphatic carboxylic acids is 1. The Balaban J connectivity index is 2.13. The van der Waals surface area contributed by atoms with E-state index in [9.17, 15) is 9.59 Å². The van der Waals surface area contributed by atoms with Gasteiger partial charge in [-0.05, 0) is 42.5 Å². The van der Waals surface area contributed by atoms with Crippen LogP contribution in [0.1, 0.15) is 12.5 Å². The average molecular weight is 320 g/mol. The standard InChI is InChI=1S/C15H16N2O4S/c1-9(14(19)20)21-11-6-4-10(5-7-11)8-12-13(18)17(3)15(16-2)22-12/h4-9H,1-3H3,(H,19,20)/b12-8-,16-15?/t9-/m0/s1. The number of carbonyl (C=O) groups is 2. The first-order chi connectivity index (χ1) is 10.4. The number of likely N-dealkylation sites (N-methyl/N-ethyl adjacent to an activating group) is 1. The second-order valence-corrected chi connectivity index (χ2v) is 5.66. The van der Waals surface area contributed by atoms with Gasteiger partial charge in [-0.1, -0.05) is 12.1 Å². The van der Waals surface area contributed by atoms with E-state index in [0.29, 0.717) is 15.8 Å². The molecule has 1 amide bonds. The Hall–Kier alpha value is -2.28. The summed E-state index contributed by atoms with van der Waals surface area (Å²) in [5.41, 5.74) is 0.830. The first kappa shape index (κ1) is 16.1. The molecule has 0 bridgehead atoms. The van der Waals surface area contributed by atoms with E-state index < -0.39 is 12.1 Å².